The van der Waals surface area contributed by atoms with E-state index in [1.165, 1.54) is 0 Å². The van der Waals surface area contributed by atoms with Crippen molar-refractivity contribution in [3.63, 3.8) is 0 Å². The van der Waals surface area contributed by atoms with Crippen LogP contribution >= 0.6 is 0 Å². The molecule has 13 heavy (non-hydrogen) atoms. The highest BCUT2D eigenvalue weighted by atomic mass is 19.3. The van der Waals surface area contributed by atoms with E-state index < -0.39 is 6.43 Å². The lowest BCUT2D eigenvalue weighted by Gasteiger charge is -2.24. The second-order valence-corrected chi connectivity index (χ2v) is 3.44. The molecule has 0 amide bonds. The van der Waals surface area contributed by atoms with E-state index in [9.17, 15) is 13.6 Å². The van der Waals surface area contributed by atoms with Crippen LogP contribution in [0.3, 0.4) is 0 Å². The molecule has 0 N–H and O–H groups in total. The van der Waals surface area contributed by atoms with E-state index in [0.29, 0.717) is 6.54 Å². The van der Waals surface area contributed by atoms with Gasteiger partial charge in [-0.3, -0.25) is 4.90 Å². The fourth-order valence-corrected chi connectivity index (χ4v) is 1.75. The third-order valence-electron chi connectivity index (χ3n) is 2.44. The van der Waals surface area contributed by atoms with Crippen molar-refractivity contribution in [1.82, 2.24) is 4.90 Å². The first-order chi connectivity index (χ1) is 6.24. The van der Waals surface area contributed by atoms with Gasteiger partial charge in [-0.05, 0) is 19.4 Å². The lowest BCUT2D eigenvalue weighted by molar-refractivity contribution is -0.113. The van der Waals surface area contributed by atoms with Gasteiger partial charge in [-0.15, -0.1) is 0 Å². The van der Waals surface area contributed by atoms with E-state index in [1.54, 1.807) is 4.90 Å². The number of carbonyl (C=O) groups excluding carboxylic acids is 1. The maximum atomic E-state index is 12.1. The van der Waals surface area contributed by atoms with E-state index in [4.69, 9.17) is 0 Å². The molecular formula is C9H15F2NO. The molecule has 0 aromatic heterocycles. The number of carbonyl (C=O) groups is 1. The number of halogens is 2. The minimum Gasteiger partial charge on any atom is -0.302 e. The van der Waals surface area contributed by atoms with E-state index >= 15 is 0 Å². The Morgan fingerprint density at radius 3 is 2.77 bits per heavy atom. The number of alkyl halides is 2. The summed E-state index contributed by atoms with van der Waals surface area (Å²) in [6.07, 6.45) is 2.15. The Morgan fingerprint density at radius 2 is 2.15 bits per heavy atom. The lowest BCUT2D eigenvalue weighted by Crippen LogP contribution is -2.39. The molecule has 0 saturated carbocycles. The van der Waals surface area contributed by atoms with Crippen molar-refractivity contribution >= 4 is 6.29 Å². The molecule has 0 radical (unpaired) electrons. The average molecular weight is 191 g/mol. The predicted octanol–water partition coefficient (Wildman–Crippen LogP) is 1.70. The molecule has 0 bridgehead atoms. The van der Waals surface area contributed by atoms with Crippen LogP contribution in [0.25, 0.3) is 0 Å². The highest BCUT2D eigenvalue weighted by Crippen LogP contribution is 2.16. The summed E-state index contributed by atoms with van der Waals surface area (Å²) in [5.41, 5.74) is 0. The van der Waals surface area contributed by atoms with Gasteiger partial charge in [-0.2, -0.15) is 0 Å². The zero-order valence-electron chi connectivity index (χ0n) is 7.59. The van der Waals surface area contributed by atoms with Crippen molar-refractivity contribution in [2.24, 2.45) is 0 Å². The molecule has 1 rings (SSSR count). The van der Waals surface area contributed by atoms with Crippen LogP contribution in [-0.4, -0.2) is 36.7 Å². The van der Waals surface area contributed by atoms with Crippen molar-refractivity contribution in [3.05, 3.63) is 0 Å². The van der Waals surface area contributed by atoms with Crippen LogP contribution in [0.4, 0.5) is 8.78 Å². The first-order valence-corrected chi connectivity index (χ1v) is 4.71. The lowest BCUT2D eigenvalue weighted by atomic mass is 10.1. The van der Waals surface area contributed by atoms with Gasteiger partial charge in [0.25, 0.3) is 6.43 Å². The van der Waals surface area contributed by atoms with E-state index in [1.807, 2.05) is 0 Å². The number of likely N-dealkylation sites (tertiary alicyclic amines) is 1. The van der Waals surface area contributed by atoms with Crippen LogP contribution in [0.1, 0.15) is 25.7 Å². The van der Waals surface area contributed by atoms with Crippen LogP contribution in [0.15, 0.2) is 0 Å². The summed E-state index contributed by atoms with van der Waals surface area (Å²) >= 11 is 0. The summed E-state index contributed by atoms with van der Waals surface area (Å²) in [5, 5.41) is 0. The first-order valence-electron chi connectivity index (χ1n) is 4.71. The average Bonchev–Trinajstić information content (AvgIpc) is 2.28. The minimum absolute atomic E-state index is 0.261. The van der Waals surface area contributed by atoms with Crippen LogP contribution in [0.5, 0.6) is 0 Å². The summed E-state index contributed by atoms with van der Waals surface area (Å²) in [4.78, 5) is 12.2. The van der Waals surface area contributed by atoms with Crippen LogP contribution in [0, 0.1) is 0 Å². The quantitative estimate of drug-likeness (QED) is 0.633. The largest absolute Gasteiger partial charge is 0.302 e. The zero-order valence-corrected chi connectivity index (χ0v) is 7.59. The molecule has 2 nitrogen and oxygen atoms in total. The molecule has 1 aliphatic heterocycles. The highest BCUT2D eigenvalue weighted by Gasteiger charge is 2.22. The van der Waals surface area contributed by atoms with Crippen molar-refractivity contribution in [2.75, 3.05) is 13.1 Å². The Bertz CT molecular complexity index is 164. The van der Waals surface area contributed by atoms with Gasteiger partial charge in [0.05, 0.1) is 12.6 Å². The second-order valence-electron chi connectivity index (χ2n) is 3.44. The van der Waals surface area contributed by atoms with Gasteiger partial charge < -0.3 is 4.79 Å². The van der Waals surface area contributed by atoms with Gasteiger partial charge in [0, 0.05) is 0 Å². The summed E-state index contributed by atoms with van der Waals surface area (Å²) in [7, 11) is 0. The first kappa shape index (κ1) is 10.6. The molecule has 0 aliphatic carbocycles. The Morgan fingerprint density at radius 1 is 1.38 bits per heavy atom. The third kappa shape index (κ3) is 3.38. The van der Waals surface area contributed by atoms with Gasteiger partial charge >= 0.3 is 0 Å². The number of nitrogens with zero attached hydrogens (tertiary/aromatic N) is 1. The molecule has 0 spiro atoms. The Kier molecular flexibility index (Phi) is 4.28. The zero-order chi connectivity index (χ0) is 9.68. The summed E-state index contributed by atoms with van der Waals surface area (Å²) < 4.78 is 24.2. The molecule has 76 valence electrons. The van der Waals surface area contributed by atoms with Gasteiger partial charge in [0.1, 0.15) is 6.29 Å². The van der Waals surface area contributed by atoms with E-state index in [-0.39, 0.29) is 12.6 Å². The SMILES string of the molecule is O=CC1CCCCCN1CC(F)F. The van der Waals surface area contributed by atoms with Gasteiger partial charge in [-0.1, -0.05) is 12.8 Å². The fourth-order valence-electron chi connectivity index (χ4n) is 1.75. The minimum atomic E-state index is -2.33. The highest BCUT2D eigenvalue weighted by molar-refractivity contribution is 5.57. The maximum absolute atomic E-state index is 12.1. The Labute approximate surface area is 76.9 Å². The van der Waals surface area contributed by atoms with Gasteiger partial charge in [0.15, 0.2) is 0 Å². The molecule has 0 aromatic carbocycles. The van der Waals surface area contributed by atoms with Crippen LogP contribution in [0.2, 0.25) is 0 Å². The smallest absolute Gasteiger partial charge is 0.251 e. The molecule has 1 saturated heterocycles. The van der Waals surface area contributed by atoms with Gasteiger partial charge in [-0.25, -0.2) is 8.78 Å². The van der Waals surface area contributed by atoms with Crippen molar-refractivity contribution in [1.29, 1.82) is 0 Å². The summed E-state index contributed by atoms with van der Waals surface area (Å²) in [6, 6.07) is -0.281. The molecule has 4 heteroatoms. The molecule has 1 heterocycles. The topological polar surface area (TPSA) is 20.3 Å². The normalized spacial score (nSPS) is 25.9. The van der Waals surface area contributed by atoms with Crippen molar-refractivity contribution < 1.29 is 13.6 Å². The Hall–Kier alpha value is -0.510. The number of hydrogen-bond acceptors (Lipinski definition) is 2. The number of aldehydes is 1. The van der Waals surface area contributed by atoms with Crippen LogP contribution < -0.4 is 0 Å². The number of rotatable bonds is 3. The van der Waals surface area contributed by atoms with E-state index in [2.05, 4.69) is 0 Å². The molecule has 0 aromatic rings. The molecule has 1 aliphatic rings. The Balaban J connectivity index is 2.48. The van der Waals surface area contributed by atoms with E-state index in [0.717, 1.165) is 32.0 Å². The molecular weight excluding hydrogens is 176 g/mol. The predicted molar refractivity (Wildman–Crippen MR) is 45.9 cm³/mol. The number of hydrogen-bond donors (Lipinski definition) is 0. The summed E-state index contributed by atoms with van der Waals surface area (Å²) in [6.45, 7) is 0.372. The summed E-state index contributed by atoms with van der Waals surface area (Å²) in [5.74, 6) is 0. The fraction of sp³-hybridized carbons (Fsp3) is 0.889. The molecule has 1 fully saturated rings. The monoisotopic (exact) mass is 191 g/mol. The standard InChI is InChI=1S/C9H15F2NO/c10-9(11)6-12-5-3-1-2-4-8(12)7-13/h7-9H,1-6H2. The van der Waals surface area contributed by atoms with Gasteiger partial charge in [0.2, 0.25) is 0 Å². The van der Waals surface area contributed by atoms with Crippen molar-refractivity contribution in [3.8, 4) is 0 Å². The van der Waals surface area contributed by atoms with Crippen molar-refractivity contribution in [2.45, 2.75) is 38.2 Å². The second kappa shape index (κ2) is 5.27. The maximum Gasteiger partial charge on any atom is 0.251 e. The molecule has 1 atom stereocenters. The van der Waals surface area contributed by atoms with Crippen LogP contribution in [-0.2, 0) is 4.79 Å². The third-order valence-corrected chi connectivity index (χ3v) is 2.44. The molecule has 1 unspecified atom stereocenters.